The lowest BCUT2D eigenvalue weighted by Gasteiger charge is -2.28. The van der Waals surface area contributed by atoms with Crippen LogP contribution in [0.2, 0.25) is 0 Å². The molecular weight excluding hydrogens is 691 g/mol. The summed E-state index contributed by atoms with van der Waals surface area (Å²) in [6, 6.07) is 75.7. The fourth-order valence-electron chi connectivity index (χ4n) is 9.85. The Kier molecular flexibility index (Phi) is 7.05. The number of nitrogens with zero attached hydrogens (tertiary/aromatic N) is 3. The predicted octanol–water partition coefficient (Wildman–Crippen LogP) is 13.7. The maximum Gasteiger partial charge on any atom is 0.0603 e. The largest absolute Gasteiger partial charge is 0.313 e. The molecule has 0 amide bonds. The minimum absolute atomic E-state index is 0.123. The summed E-state index contributed by atoms with van der Waals surface area (Å²) in [6.07, 6.45) is 0.877. The Morgan fingerprint density at radius 2 is 0.860 bits per heavy atom. The van der Waals surface area contributed by atoms with Crippen LogP contribution in [0.15, 0.2) is 206 Å². The van der Waals surface area contributed by atoms with Crippen LogP contribution in [0.5, 0.6) is 0 Å². The Balaban J connectivity index is 1.10. The Bertz CT molecular complexity index is 3310. The van der Waals surface area contributed by atoms with Crippen molar-refractivity contribution in [2.24, 2.45) is 0 Å². The fourth-order valence-corrected chi connectivity index (χ4v) is 9.85. The zero-order valence-electron chi connectivity index (χ0n) is 31.3. The van der Waals surface area contributed by atoms with Crippen molar-refractivity contribution < 1.29 is 0 Å². The van der Waals surface area contributed by atoms with Crippen molar-refractivity contribution in [2.45, 2.75) is 12.3 Å². The van der Waals surface area contributed by atoms with Crippen molar-refractivity contribution in [1.82, 2.24) is 13.7 Å². The standard InChI is InChI=1S/C54H37N3/c1-4-19-39(20-5-1)55-47-28-13-10-25-42(47)46-34-37(31-32-50(46)55)36-17-16-18-38(33-36)45-35-51-53(44-27-12-14-29-48(44)56(51)40-21-6-2-7-22-40)54-52(45)43-26-11-15-30-49(43)57(54)41-23-8-3-9-24-41/h1-34,45H,35H2. The summed E-state index contributed by atoms with van der Waals surface area (Å²) >= 11 is 0. The average Bonchev–Trinajstić information content (AvgIpc) is 3.93. The van der Waals surface area contributed by atoms with Crippen LogP contribution in [-0.4, -0.2) is 13.7 Å². The highest BCUT2D eigenvalue weighted by molar-refractivity contribution is 6.11. The summed E-state index contributed by atoms with van der Waals surface area (Å²) in [6.45, 7) is 0. The molecule has 268 valence electrons. The van der Waals surface area contributed by atoms with E-state index in [2.05, 4.69) is 220 Å². The smallest absolute Gasteiger partial charge is 0.0603 e. The Morgan fingerprint density at radius 1 is 0.351 bits per heavy atom. The zero-order chi connectivity index (χ0) is 37.5. The van der Waals surface area contributed by atoms with E-state index < -0.39 is 0 Å². The van der Waals surface area contributed by atoms with E-state index in [1.807, 2.05) is 0 Å². The van der Waals surface area contributed by atoms with Crippen LogP contribution in [0.3, 0.4) is 0 Å². The van der Waals surface area contributed by atoms with Gasteiger partial charge in [-0.15, -0.1) is 0 Å². The molecule has 3 nitrogen and oxygen atoms in total. The molecule has 8 aromatic carbocycles. The van der Waals surface area contributed by atoms with Gasteiger partial charge in [-0.25, -0.2) is 0 Å². The lowest BCUT2D eigenvalue weighted by molar-refractivity contribution is 0.759. The summed E-state index contributed by atoms with van der Waals surface area (Å²) in [5.41, 5.74) is 17.6. The van der Waals surface area contributed by atoms with Crippen LogP contribution >= 0.6 is 0 Å². The van der Waals surface area contributed by atoms with Gasteiger partial charge in [-0.2, -0.15) is 0 Å². The van der Waals surface area contributed by atoms with Gasteiger partial charge in [-0.3, -0.25) is 0 Å². The molecule has 0 aliphatic heterocycles. The second-order valence-corrected chi connectivity index (χ2v) is 15.3. The molecule has 11 aromatic rings. The maximum absolute atomic E-state index is 2.53. The Morgan fingerprint density at radius 3 is 1.54 bits per heavy atom. The number of hydrogen-bond acceptors (Lipinski definition) is 0. The van der Waals surface area contributed by atoms with Gasteiger partial charge in [0.15, 0.2) is 0 Å². The fraction of sp³-hybridized carbons (Fsp3) is 0.0370. The first-order valence-corrected chi connectivity index (χ1v) is 19.9. The first-order valence-electron chi connectivity index (χ1n) is 19.9. The third-order valence-electron chi connectivity index (χ3n) is 12.2. The summed E-state index contributed by atoms with van der Waals surface area (Å²) in [5, 5.41) is 5.12. The summed E-state index contributed by atoms with van der Waals surface area (Å²) < 4.78 is 7.44. The van der Waals surface area contributed by atoms with Gasteiger partial charge in [0.2, 0.25) is 0 Å². The minimum atomic E-state index is 0.123. The molecule has 1 atom stereocenters. The lowest BCUT2D eigenvalue weighted by atomic mass is 9.78. The number of para-hydroxylation sites is 6. The molecule has 3 heterocycles. The first kappa shape index (κ1) is 31.9. The molecule has 0 fully saturated rings. The van der Waals surface area contributed by atoms with Crippen molar-refractivity contribution in [3.8, 4) is 39.4 Å². The normalized spacial score (nSPS) is 13.7. The molecule has 0 N–H and O–H groups in total. The highest BCUT2D eigenvalue weighted by Gasteiger charge is 2.36. The van der Waals surface area contributed by atoms with E-state index in [-0.39, 0.29) is 5.92 Å². The van der Waals surface area contributed by atoms with Gasteiger partial charge in [0.05, 0.1) is 27.8 Å². The third-order valence-corrected chi connectivity index (χ3v) is 12.2. The minimum Gasteiger partial charge on any atom is -0.313 e. The summed E-state index contributed by atoms with van der Waals surface area (Å²) in [5.74, 6) is 0.123. The van der Waals surface area contributed by atoms with E-state index in [0.717, 1.165) is 6.42 Å². The van der Waals surface area contributed by atoms with E-state index in [1.165, 1.54) is 99.9 Å². The van der Waals surface area contributed by atoms with E-state index in [4.69, 9.17) is 0 Å². The molecule has 1 unspecified atom stereocenters. The van der Waals surface area contributed by atoms with E-state index >= 15 is 0 Å². The van der Waals surface area contributed by atoms with Crippen molar-refractivity contribution >= 4 is 43.6 Å². The molecule has 0 bridgehead atoms. The van der Waals surface area contributed by atoms with Crippen LogP contribution in [0.1, 0.15) is 22.7 Å². The molecule has 12 rings (SSSR count). The van der Waals surface area contributed by atoms with Crippen molar-refractivity contribution in [3.63, 3.8) is 0 Å². The molecule has 1 aliphatic rings. The van der Waals surface area contributed by atoms with Gasteiger partial charge < -0.3 is 13.7 Å². The zero-order valence-corrected chi connectivity index (χ0v) is 31.3. The molecule has 57 heavy (non-hydrogen) atoms. The Hall–Kier alpha value is -7.36. The molecule has 0 saturated carbocycles. The predicted molar refractivity (Wildman–Crippen MR) is 237 cm³/mol. The van der Waals surface area contributed by atoms with E-state index in [1.54, 1.807) is 0 Å². The van der Waals surface area contributed by atoms with Gasteiger partial charge in [0.25, 0.3) is 0 Å². The molecular formula is C54H37N3. The molecule has 0 saturated heterocycles. The third kappa shape index (κ3) is 4.79. The van der Waals surface area contributed by atoms with Crippen molar-refractivity contribution in [2.75, 3.05) is 0 Å². The summed E-state index contributed by atoms with van der Waals surface area (Å²) in [7, 11) is 0. The summed E-state index contributed by atoms with van der Waals surface area (Å²) in [4.78, 5) is 0. The van der Waals surface area contributed by atoms with Gasteiger partial charge >= 0.3 is 0 Å². The highest BCUT2D eigenvalue weighted by Crippen LogP contribution is 2.52. The van der Waals surface area contributed by atoms with Crippen molar-refractivity contribution in [3.05, 3.63) is 223 Å². The first-order chi connectivity index (χ1) is 28.3. The van der Waals surface area contributed by atoms with Crippen LogP contribution in [0.25, 0.3) is 83.1 Å². The van der Waals surface area contributed by atoms with Crippen LogP contribution in [0, 0.1) is 0 Å². The van der Waals surface area contributed by atoms with Crippen molar-refractivity contribution in [1.29, 1.82) is 0 Å². The lowest BCUT2D eigenvalue weighted by Crippen LogP contribution is -2.16. The number of rotatable bonds is 5. The highest BCUT2D eigenvalue weighted by atomic mass is 15.0. The van der Waals surface area contributed by atoms with Gasteiger partial charge in [0, 0.05) is 55.8 Å². The van der Waals surface area contributed by atoms with E-state index in [0.29, 0.717) is 0 Å². The molecule has 0 radical (unpaired) electrons. The molecule has 0 spiro atoms. The second kappa shape index (κ2) is 12.6. The van der Waals surface area contributed by atoms with E-state index in [9.17, 15) is 0 Å². The average molecular weight is 728 g/mol. The van der Waals surface area contributed by atoms with Crippen LogP contribution < -0.4 is 0 Å². The number of aromatic nitrogens is 3. The number of benzene rings is 8. The van der Waals surface area contributed by atoms with Gasteiger partial charge in [-0.05, 0) is 95.4 Å². The van der Waals surface area contributed by atoms with Crippen LogP contribution in [-0.2, 0) is 6.42 Å². The van der Waals surface area contributed by atoms with Gasteiger partial charge in [0.1, 0.15) is 0 Å². The van der Waals surface area contributed by atoms with Gasteiger partial charge in [-0.1, -0.05) is 140 Å². The number of hydrogen-bond donors (Lipinski definition) is 0. The SMILES string of the molecule is c1ccc(-n2c3c(c4ccccc42)-c2c(c4ccccc4n2-c2ccccc2)C(c2cccc(-c4ccc5c(c4)c4ccccc4n5-c4ccccc4)c2)C3)cc1. The second-order valence-electron chi connectivity index (χ2n) is 15.3. The molecule has 1 aliphatic carbocycles. The molecule has 3 heteroatoms. The number of fused-ring (bicyclic) bond motifs is 10. The topological polar surface area (TPSA) is 14.8 Å². The monoisotopic (exact) mass is 727 g/mol. The van der Waals surface area contributed by atoms with Crippen LogP contribution in [0.4, 0.5) is 0 Å². The maximum atomic E-state index is 2.53. The Labute approximate surface area is 330 Å². The molecule has 3 aromatic heterocycles. The quantitative estimate of drug-likeness (QED) is 0.168.